The summed E-state index contributed by atoms with van der Waals surface area (Å²) >= 11 is 1.44. The molecule has 0 radical (unpaired) electrons. The number of rotatable bonds is 9. The van der Waals surface area contributed by atoms with E-state index in [9.17, 15) is 10.1 Å². The fraction of sp³-hybridized carbons (Fsp3) is 0.300. The van der Waals surface area contributed by atoms with E-state index in [0.29, 0.717) is 49.1 Å². The quantitative estimate of drug-likeness (QED) is 0.214. The van der Waals surface area contributed by atoms with Crippen LogP contribution in [0.4, 0.5) is 23.1 Å². The summed E-state index contributed by atoms with van der Waals surface area (Å²) < 4.78 is 5.59. The molecule has 41 heavy (non-hydrogen) atoms. The number of aromatic amines is 1. The number of amides is 1. The number of H-pyrrole nitrogens is 1. The number of ether oxygens (including phenoxy) is 1. The van der Waals surface area contributed by atoms with Gasteiger partial charge in [-0.1, -0.05) is 25.1 Å². The number of piperidine rings is 1. The predicted octanol–water partition coefficient (Wildman–Crippen LogP) is 5.82. The number of nitrogens with zero attached hydrogens (tertiary/aromatic N) is 5. The number of methoxy groups -OCH3 is 1. The number of hydrogen-bond donors (Lipinski definition) is 3. The molecule has 210 valence electrons. The zero-order chi connectivity index (χ0) is 28.8. The van der Waals surface area contributed by atoms with E-state index in [-0.39, 0.29) is 5.91 Å². The Hall–Kier alpha value is -4.56. The van der Waals surface area contributed by atoms with E-state index in [1.807, 2.05) is 74.5 Å². The number of benzene rings is 2. The first kappa shape index (κ1) is 28.0. The summed E-state index contributed by atoms with van der Waals surface area (Å²) in [7, 11) is 1.64. The van der Waals surface area contributed by atoms with Crippen LogP contribution >= 0.6 is 11.8 Å². The van der Waals surface area contributed by atoms with Crippen LogP contribution in [0.2, 0.25) is 0 Å². The van der Waals surface area contributed by atoms with Gasteiger partial charge in [-0.3, -0.25) is 9.89 Å². The molecule has 0 aliphatic carbocycles. The minimum Gasteiger partial charge on any atom is -0.496 e. The van der Waals surface area contributed by atoms with Gasteiger partial charge in [0.25, 0.3) is 0 Å². The highest BCUT2D eigenvalue weighted by Gasteiger charge is 2.39. The van der Waals surface area contributed by atoms with Crippen molar-refractivity contribution in [3.63, 3.8) is 0 Å². The topological polar surface area (TPSA) is 132 Å². The normalized spacial score (nSPS) is 14.2. The van der Waals surface area contributed by atoms with Gasteiger partial charge in [0.2, 0.25) is 5.91 Å². The van der Waals surface area contributed by atoms with Gasteiger partial charge < -0.3 is 20.3 Å². The van der Waals surface area contributed by atoms with Gasteiger partial charge in [-0.05, 0) is 61.9 Å². The molecule has 11 heteroatoms. The summed E-state index contributed by atoms with van der Waals surface area (Å²) in [5.41, 5.74) is 1.98. The van der Waals surface area contributed by atoms with Gasteiger partial charge in [0.1, 0.15) is 17.4 Å². The molecule has 10 nitrogen and oxygen atoms in total. The molecule has 2 aromatic heterocycles. The van der Waals surface area contributed by atoms with Gasteiger partial charge in [-0.15, -0.1) is 0 Å². The van der Waals surface area contributed by atoms with Crippen LogP contribution in [0.5, 0.6) is 5.75 Å². The minimum absolute atomic E-state index is 0.0292. The Bertz CT molecular complexity index is 1560. The van der Waals surface area contributed by atoms with Crippen molar-refractivity contribution in [3.05, 3.63) is 71.9 Å². The van der Waals surface area contributed by atoms with Crippen LogP contribution in [-0.4, -0.2) is 46.3 Å². The summed E-state index contributed by atoms with van der Waals surface area (Å²) in [6, 6.07) is 21.8. The first-order valence-corrected chi connectivity index (χ1v) is 14.3. The van der Waals surface area contributed by atoms with E-state index >= 15 is 0 Å². The lowest BCUT2D eigenvalue weighted by Crippen LogP contribution is -2.42. The maximum absolute atomic E-state index is 11.7. The number of aryl methyl sites for hydroxylation is 1. The van der Waals surface area contributed by atoms with Gasteiger partial charge in [0.15, 0.2) is 11.0 Å². The molecule has 1 saturated heterocycles. The molecule has 1 aliphatic rings. The molecule has 0 atom stereocenters. The van der Waals surface area contributed by atoms with Crippen molar-refractivity contribution in [2.45, 2.75) is 48.6 Å². The highest BCUT2D eigenvalue weighted by molar-refractivity contribution is 7.99. The second-order valence-electron chi connectivity index (χ2n) is 9.86. The molecule has 3 N–H and O–H groups in total. The van der Waals surface area contributed by atoms with Gasteiger partial charge in [-0.2, -0.15) is 10.4 Å². The van der Waals surface area contributed by atoms with E-state index in [2.05, 4.69) is 31.8 Å². The third-order valence-corrected chi connectivity index (χ3v) is 7.97. The SMILES string of the molecule is CCC(=O)Nc1ccc(Sc2nc(Nc3cc(C)[nH]n3)cc(N3CCC(C#N)(c4ccccc4OC)CC3)n2)cc1. The van der Waals surface area contributed by atoms with Crippen LogP contribution in [0.15, 0.2) is 70.7 Å². The van der Waals surface area contributed by atoms with Gasteiger partial charge in [0, 0.05) is 53.5 Å². The average molecular weight is 569 g/mol. The number of aromatic nitrogens is 4. The molecule has 5 rings (SSSR count). The molecule has 1 aliphatic heterocycles. The van der Waals surface area contributed by atoms with E-state index < -0.39 is 5.41 Å². The zero-order valence-electron chi connectivity index (χ0n) is 23.3. The van der Waals surface area contributed by atoms with Crippen LogP contribution in [-0.2, 0) is 10.2 Å². The van der Waals surface area contributed by atoms with Crippen molar-refractivity contribution in [2.75, 3.05) is 35.7 Å². The average Bonchev–Trinajstić information content (AvgIpc) is 3.42. The van der Waals surface area contributed by atoms with Crippen LogP contribution in [0.1, 0.15) is 37.4 Å². The number of nitrogens with one attached hydrogen (secondary N) is 3. The molecule has 4 aromatic rings. The van der Waals surface area contributed by atoms with Crippen LogP contribution in [0.3, 0.4) is 0 Å². The fourth-order valence-corrected chi connectivity index (χ4v) is 5.62. The molecule has 0 unspecified atom stereocenters. The molecular formula is C30H32N8O2S. The van der Waals surface area contributed by atoms with Gasteiger partial charge in [0.05, 0.1) is 18.6 Å². The summed E-state index contributed by atoms with van der Waals surface area (Å²) in [4.78, 5) is 24.5. The monoisotopic (exact) mass is 568 g/mol. The lowest BCUT2D eigenvalue weighted by Gasteiger charge is -2.38. The van der Waals surface area contributed by atoms with Crippen molar-refractivity contribution in [1.29, 1.82) is 5.26 Å². The minimum atomic E-state index is -0.629. The molecule has 0 spiro atoms. The molecule has 2 aromatic carbocycles. The Labute approximate surface area is 243 Å². The second-order valence-corrected chi connectivity index (χ2v) is 10.9. The van der Waals surface area contributed by atoms with E-state index in [1.165, 1.54) is 11.8 Å². The van der Waals surface area contributed by atoms with Crippen molar-refractivity contribution in [2.24, 2.45) is 0 Å². The summed E-state index contributed by atoms with van der Waals surface area (Å²) in [5.74, 6) is 2.77. The van der Waals surface area contributed by atoms with E-state index in [1.54, 1.807) is 7.11 Å². The Morgan fingerprint density at radius 2 is 1.88 bits per heavy atom. The summed E-state index contributed by atoms with van der Waals surface area (Å²) in [6.45, 7) is 5.06. The summed E-state index contributed by atoms with van der Waals surface area (Å²) in [5, 5.41) is 24.2. The highest BCUT2D eigenvalue weighted by Crippen LogP contribution is 2.41. The molecule has 1 fully saturated rings. The maximum Gasteiger partial charge on any atom is 0.224 e. The molecule has 0 bridgehead atoms. The first-order valence-electron chi connectivity index (χ1n) is 13.5. The molecular weight excluding hydrogens is 536 g/mol. The van der Waals surface area contributed by atoms with Gasteiger partial charge >= 0.3 is 0 Å². The van der Waals surface area contributed by atoms with Crippen molar-refractivity contribution in [3.8, 4) is 11.8 Å². The summed E-state index contributed by atoms with van der Waals surface area (Å²) in [6.07, 6.45) is 1.71. The standard InChI is InChI=1S/C30H32N8O2S/c1-4-28(39)32-21-9-11-22(12-10-21)41-29-34-25(33-26-17-20(2)36-37-26)18-27(35-29)38-15-13-30(19-31,14-16-38)23-7-5-6-8-24(23)40-3/h5-12,17-18H,4,13-16H2,1-3H3,(H,32,39)(H2,33,34,35,36,37). The van der Waals surface area contributed by atoms with Crippen molar-refractivity contribution >= 4 is 40.8 Å². The van der Waals surface area contributed by atoms with E-state index in [0.717, 1.165) is 33.4 Å². The number of carbonyl (C=O) groups excluding carboxylic acids is 1. The molecule has 3 heterocycles. The number of para-hydroxylation sites is 1. The lowest BCUT2D eigenvalue weighted by molar-refractivity contribution is -0.115. The van der Waals surface area contributed by atoms with Crippen molar-refractivity contribution in [1.82, 2.24) is 20.2 Å². The van der Waals surface area contributed by atoms with Crippen LogP contribution < -0.4 is 20.3 Å². The maximum atomic E-state index is 11.7. The Kier molecular flexibility index (Phi) is 8.40. The smallest absolute Gasteiger partial charge is 0.224 e. The number of hydrogen-bond acceptors (Lipinski definition) is 9. The lowest BCUT2D eigenvalue weighted by atomic mass is 9.73. The first-order chi connectivity index (χ1) is 19.9. The number of anilines is 4. The molecule has 0 saturated carbocycles. The van der Waals surface area contributed by atoms with Crippen molar-refractivity contribution < 1.29 is 9.53 Å². The Balaban J connectivity index is 1.39. The third-order valence-electron chi connectivity index (χ3n) is 7.10. The highest BCUT2D eigenvalue weighted by atomic mass is 32.2. The Morgan fingerprint density at radius 1 is 1.12 bits per heavy atom. The largest absolute Gasteiger partial charge is 0.496 e. The van der Waals surface area contributed by atoms with Crippen LogP contribution in [0, 0.1) is 18.3 Å². The fourth-order valence-electron chi connectivity index (χ4n) is 4.86. The Morgan fingerprint density at radius 3 is 2.54 bits per heavy atom. The third kappa shape index (κ3) is 6.44. The zero-order valence-corrected chi connectivity index (χ0v) is 24.1. The van der Waals surface area contributed by atoms with Gasteiger partial charge in [-0.25, -0.2) is 9.97 Å². The van der Waals surface area contributed by atoms with Crippen LogP contribution in [0.25, 0.3) is 0 Å². The molecule has 1 amide bonds. The predicted molar refractivity (Wildman–Crippen MR) is 160 cm³/mol. The number of carbonyl (C=O) groups is 1. The van der Waals surface area contributed by atoms with E-state index in [4.69, 9.17) is 14.7 Å². The number of nitriles is 1. The second kappa shape index (κ2) is 12.3.